The van der Waals surface area contributed by atoms with Gasteiger partial charge in [0.15, 0.2) is 0 Å². The van der Waals surface area contributed by atoms with E-state index in [0.717, 1.165) is 17.4 Å². The molecule has 1 aliphatic rings. The molecule has 0 aliphatic carbocycles. The highest BCUT2D eigenvalue weighted by atomic mass is 16.5. The van der Waals surface area contributed by atoms with Crippen LogP contribution in [0.5, 0.6) is 0 Å². The van der Waals surface area contributed by atoms with Crippen molar-refractivity contribution in [3.63, 3.8) is 0 Å². The van der Waals surface area contributed by atoms with Crippen LogP contribution in [0.4, 0.5) is 5.82 Å². The van der Waals surface area contributed by atoms with E-state index in [4.69, 9.17) is 10.5 Å². The van der Waals surface area contributed by atoms with Gasteiger partial charge in [0.2, 0.25) is 0 Å². The van der Waals surface area contributed by atoms with Crippen LogP contribution in [0.15, 0.2) is 27.9 Å². The predicted octanol–water partition coefficient (Wildman–Crippen LogP) is 0.554. The van der Waals surface area contributed by atoms with E-state index in [2.05, 4.69) is 16.8 Å². The van der Waals surface area contributed by atoms with Gasteiger partial charge in [-0.15, -0.1) is 5.92 Å². The number of hydrogen-bond acceptors (Lipinski definition) is 8. The summed E-state index contributed by atoms with van der Waals surface area (Å²) < 4.78 is 9.05. The normalized spacial score (nSPS) is 15.3. The number of nitrogens with zero attached hydrogens (tertiary/aromatic N) is 6. The fraction of sp³-hybridized carbons (Fsp3) is 0.400. The highest BCUT2D eigenvalue weighted by Crippen LogP contribution is 2.33. The van der Waals surface area contributed by atoms with E-state index < -0.39 is 17.2 Å². The summed E-state index contributed by atoms with van der Waals surface area (Å²) in [4.78, 5) is 46.6. The lowest BCUT2D eigenvalue weighted by Crippen LogP contribution is -2.44. The van der Waals surface area contributed by atoms with Crippen molar-refractivity contribution in [1.82, 2.24) is 18.7 Å². The smallest absolute Gasteiger partial charge is 0.343 e. The molecule has 1 atom stereocenters. The summed E-state index contributed by atoms with van der Waals surface area (Å²) in [6, 6.07) is 5.11. The van der Waals surface area contributed by atoms with Gasteiger partial charge in [-0.2, -0.15) is 5.26 Å². The van der Waals surface area contributed by atoms with Crippen molar-refractivity contribution in [3.05, 3.63) is 56.0 Å². The second kappa shape index (κ2) is 10.1. The average molecular weight is 490 g/mol. The Balaban J connectivity index is 2.09. The van der Waals surface area contributed by atoms with Crippen LogP contribution in [0.3, 0.4) is 0 Å². The number of nitriles is 1. The van der Waals surface area contributed by atoms with Crippen molar-refractivity contribution in [2.24, 2.45) is 12.8 Å². The van der Waals surface area contributed by atoms with Gasteiger partial charge in [0, 0.05) is 32.4 Å². The Labute approximate surface area is 207 Å². The molecule has 3 aromatic rings. The third-order valence-electron chi connectivity index (χ3n) is 6.39. The van der Waals surface area contributed by atoms with Crippen molar-refractivity contribution >= 4 is 22.8 Å². The first-order valence-corrected chi connectivity index (χ1v) is 11.5. The molecular formula is C25H27N7O4. The molecule has 0 spiro atoms. The molecule has 3 aromatic heterocycles. The minimum Gasteiger partial charge on any atom is -0.465 e. The fourth-order valence-corrected chi connectivity index (χ4v) is 4.72. The zero-order valence-electron chi connectivity index (χ0n) is 20.4. The van der Waals surface area contributed by atoms with Gasteiger partial charge < -0.3 is 19.9 Å². The molecule has 1 saturated heterocycles. The quantitative estimate of drug-likeness (QED) is 0.405. The molecule has 36 heavy (non-hydrogen) atoms. The minimum absolute atomic E-state index is 0.109. The highest BCUT2D eigenvalue weighted by molar-refractivity contribution is 6.08. The molecule has 0 radical (unpaired) electrons. The first-order chi connectivity index (χ1) is 17.3. The van der Waals surface area contributed by atoms with Gasteiger partial charge in [-0.05, 0) is 31.9 Å². The molecule has 11 heteroatoms. The van der Waals surface area contributed by atoms with E-state index >= 15 is 0 Å². The lowest BCUT2D eigenvalue weighted by atomic mass is 10.1. The number of anilines is 1. The summed E-state index contributed by atoms with van der Waals surface area (Å²) in [7, 11) is 2.76. The third-order valence-corrected chi connectivity index (χ3v) is 6.39. The topological polar surface area (TPSA) is 141 Å². The number of piperidine rings is 1. The molecule has 4 heterocycles. The van der Waals surface area contributed by atoms with Gasteiger partial charge in [-0.1, -0.05) is 5.92 Å². The van der Waals surface area contributed by atoms with Crippen LogP contribution in [-0.2, 0) is 24.9 Å². The number of rotatable bonds is 5. The van der Waals surface area contributed by atoms with Crippen LogP contribution in [0.25, 0.3) is 11.0 Å². The molecule has 4 rings (SSSR count). The van der Waals surface area contributed by atoms with Gasteiger partial charge in [-0.25, -0.2) is 9.59 Å². The van der Waals surface area contributed by atoms with Gasteiger partial charge in [0.1, 0.15) is 23.0 Å². The molecule has 2 N–H and O–H groups in total. The molecule has 0 unspecified atom stereocenters. The number of carbonyl (C=O) groups is 1. The fourth-order valence-electron chi connectivity index (χ4n) is 4.72. The van der Waals surface area contributed by atoms with Gasteiger partial charge in [0.25, 0.3) is 5.56 Å². The van der Waals surface area contributed by atoms with Crippen LogP contribution in [0.2, 0.25) is 0 Å². The second-order valence-corrected chi connectivity index (χ2v) is 8.59. The minimum atomic E-state index is -0.666. The number of nitrogens with two attached hydrogens (primary N) is 1. The maximum absolute atomic E-state index is 13.9. The maximum atomic E-state index is 13.9. The van der Waals surface area contributed by atoms with E-state index in [9.17, 15) is 19.6 Å². The van der Waals surface area contributed by atoms with Crippen molar-refractivity contribution in [3.8, 4) is 17.9 Å². The molecule has 0 bridgehead atoms. The van der Waals surface area contributed by atoms with Crippen molar-refractivity contribution in [1.29, 1.82) is 5.26 Å². The zero-order chi connectivity index (χ0) is 26.0. The van der Waals surface area contributed by atoms with Crippen molar-refractivity contribution < 1.29 is 9.53 Å². The number of carbonyl (C=O) groups excluding carboxylic acids is 1. The molecule has 11 nitrogen and oxygen atoms in total. The Hall–Kier alpha value is -4.35. The summed E-state index contributed by atoms with van der Waals surface area (Å²) in [6.45, 7) is 2.69. The number of aryl methyl sites for hydroxylation is 1. The molecular weight excluding hydrogens is 462 g/mol. The summed E-state index contributed by atoms with van der Waals surface area (Å²) in [6.07, 6.45) is 3.15. The lowest BCUT2D eigenvalue weighted by molar-refractivity contribution is 0.0603. The summed E-state index contributed by atoms with van der Waals surface area (Å²) in [5.74, 6) is 5.60. The van der Waals surface area contributed by atoms with Crippen LogP contribution in [0.1, 0.15) is 41.4 Å². The van der Waals surface area contributed by atoms with Gasteiger partial charge >= 0.3 is 11.7 Å². The Kier molecular flexibility index (Phi) is 6.95. The first kappa shape index (κ1) is 24.8. The van der Waals surface area contributed by atoms with Gasteiger partial charge in [-0.3, -0.25) is 18.9 Å². The molecule has 1 aliphatic heterocycles. The number of esters is 1. The summed E-state index contributed by atoms with van der Waals surface area (Å²) in [5.41, 5.74) is 5.97. The Morgan fingerprint density at radius 2 is 2.08 bits per heavy atom. The molecule has 0 amide bonds. The van der Waals surface area contributed by atoms with E-state index in [0.29, 0.717) is 24.6 Å². The number of fused-ring (bicyclic) bond motifs is 1. The molecule has 1 fully saturated rings. The Bertz CT molecular complexity index is 1560. The van der Waals surface area contributed by atoms with E-state index in [1.54, 1.807) is 23.6 Å². The second-order valence-electron chi connectivity index (χ2n) is 8.59. The number of methoxy groups -OCH3 is 1. The van der Waals surface area contributed by atoms with Crippen molar-refractivity contribution in [2.75, 3.05) is 25.1 Å². The monoisotopic (exact) mass is 489 g/mol. The van der Waals surface area contributed by atoms with E-state index in [1.807, 2.05) is 11.0 Å². The number of ether oxygens (including phenoxy) is 1. The maximum Gasteiger partial charge on any atom is 0.343 e. The lowest BCUT2D eigenvalue weighted by Gasteiger charge is -2.33. The first-order valence-electron chi connectivity index (χ1n) is 11.5. The zero-order valence-corrected chi connectivity index (χ0v) is 20.4. The Morgan fingerprint density at radius 3 is 2.75 bits per heavy atom. The standard InChI is InChI=1S/C25H27N7O4/c1-4-5-12-31-21-20(19(24(34)36-3)22(31)30-11-7-9-17(27)14-30)29(2)25(35)32(23(21)33)15-18-16(13-26)8-6-10-28-18/h6,8,10,17H,7,9,11-12,14-15,27H2,1-3H3/t17-/m1/s1. The number of hydrogen-bond donors (Lipinski definition) is 1. The average Bonchev–Trinajstić information content (AvgIpc) is 3.23. The molecule has 0 saturated carbocycles. The van der Waals surface area contributed by atoms with Crippen LogP contribution in [0, 0.1) is 23.2 Å². The largest absolute Gasteiger partial charge is 0.465 e. The molecule has 186 valence electrons. The summed E-state index contributed by atoms with van der Waals surface area (Å²) in [5, 5.41) is 9.45. The van der Waals surface area contributed by atoms with Gasteiger partial charge in [0.05, 0.1) is 37.0 Å². The highest BCUT2D eigenvalue weighted by Gasteiger charge is 2.33. The van der Waals surface area contributed by atoms with Crippen LogP contribution in [-0.4, -0.2) is 50.9 Å². The van der Waals surface area contributed by atoms with E-state index in [1.165, 1.54) is 24.9 Å². The SMILES string of the molecule is CC#CCn1c(N2CCC[C@@H](N)C2)c(C(=O)OC)c2c1c(=O)n(Cc1ncccc1C#N)c(=O)n2C. The predicted molar refractivity (Wildman–Crippen MR) is 134 cm³/mol. The molecule has 0 aromatic carbocycles. The summed E-state index contributed by atoms with van der Waals surface area (Å²) >= 11 is 0. The van der Waals surface area contributed by atoms with E-state index in [-0.39, 0.29) is 41.3 Å². The Morgan fingerprint density at radius 1 is 1.31 bits per heavy atom. The van der Waals surface area contributed by atoms with Crippen molar-refractivity contribution in [2.45, 2.75) is 38.9 Å². The number of pyridine rings is 1. The number of aromatic nitrogens is 4. The van der Waals surface area contributed by atoms with Crippen LogP contribution >= 0.6 is 0 Å². The van der Waals surface area contributed by atoms with Crippen LogP contribution < -0.4 is 21.9 Å². The third kappa shape index (κ3) is 4.14.